The van der Waals surface area contributed by atoms with Gasteiger partial charge in [-0.15, -0.1) is 0 Å². The molecule has 19 heavy (non-hydrogen) atoms. The van der Waals surface area contributed by atoms with E-state index in [4.69, 9.17) is 0 Å². The molecule has 0 aliphatic heterocycles. The topological polar surface area (TPSA) is 0 Å². The molecule has 0 heteroatoms. The van der Waals surface area contributed by atoms with Crippen LogP contribution in [-0.4, -0.2) is 0 Å². The maximum atomic E-state index is 2.59. The molecular weight excluding hydrogens is 228 g/mol. The van der Waals surface area contributed by atoms with Gasteiger partial charge < -0.3 is 0 Å². The van der Waals surface area contributed by atoms with Crippen LogP contribution < -0.4 is 0 Å². The molecule has 0 heterocycles. The Morgan fingerprint density at radius 3 is 2.68 bits per heavy atom. The van der Waals surface area contributed by atoms with Crippen LogP contribution in [0.25, 0.3) is 0 Å². The van der Waals surface area contributed by atoms with E-state index in [2.05, 4.69) is 32.1 Å². The summed E-state index contributed by atoms with van der Waals surface area (Å²) in [4.78, 5) is 0. The normalized spacial score (nSPS) is 35.1. The summed E-state index contributed by atoms with van der Waals surface area (Å²) in [5, 5.41) is 0. The van der Waals surface area contributed by atoms with Crippen molar-refractivity contribution in [3.05, 3.63) is 34.9 Å². The van der Waals surface area contributed by atoms with Crippen molar-refractivity contribution in [3.8, 4) is 0 Å². The van der Waals surface area contributed by atoms with Crippen molar-refractivity contribution in [2.45, 2.75) is 65.2 Å². The molecule has 0 aromatic carbocycles. The Labute approximate surface area is 118 Å². The number of allylic oxidation sites excluding steroid dienone is 6. The zero-order valence-electron chi connectivity index (χ0n) is 12.6. The Morgan fingerprint density at radius 1 is 1.16 bits per heavy atom. The molecule has 1 unspecified atom stereocenters. The molecule has 1 atom stereocenters. The lowest BCUT2D eigenvalue weighted by Crippen LogP contribution is -2.20. The first-order valence-electron chi connectivity index (χ1n) is 8.38. The summed E-state index contributed by atoms with van der Waals surface area (Å²) >= 11 is 0. The van der Waals surface area contributed by atoms with E-state index in [1.165, 1.54) is 51.4 Å². The third-order valence-corrected chi connectivity index (χ3v) is 5.51. The zero-order valence-corrected chi connectivity index (χ0v) is 12.6. The quantitative estimate of drug-likeness (QED) is 0.584. The Kier molecular flexibility index (Phi) is 3.96. The highest BCUT2D eigenvalue weighted by Crippen LogP contribution is 2.43. The van der Waals surface area contributed by atoms with Gasteiger partial charge in [-0.2, -0.15) is 0 Å². The summed E-state index contributed by atoms with van der Waals surface area (Å²) in [5.41, 5.74) is 5.15. The summed E-state index contributed by atoms with van der Waals surface area (Å²) in [6.07, 6.45) is 18.4. The first-order chi connectivity index (χ1) is 9.28. The van der Waals surface area contributed by atoms with Crippen molar-refractivity contribution in [3.63, 3.8) is 0 Å². The van der Waals surface area contributed by atoms with E-state index in [1.807, 2.05) is 5.57 Å². The van der Waals surface area contributed by atoms with Gasteiger partial charge in [-0.05, 0) is 67.4 Å². The van der Waals surface area contributed by atoms with Gasteiger partial charge in [0.15, 0.2) is 0 Å². The van der Waals surface area contributed by atoms with Gasteiger partial charge in [0.05, 0.1) is 0 Å². The molecule has 3 rings (SSSR count). The van der Waals surface area contributed by atoms with Gasteiger partial charge in [-0.25, -0.2) is 0 Å². The fourth-order valence-corrected chi connectivity index (χ4v) is 4.16. The Hall–Kier alpha value is -0.780. The first kappa shape index (κ1) is 13.2. The van der Waals surface area contributed by atoms with E-state index in [0.717, 1.165) is 17.8 Å². The molecule has 0 bridgehead atoms. The number of rotatable bonds is 2. The smallest absolute Gasteiger partial charge is 0.0192 e. The lowest BCUT2D eigenvalue weighted by Gasteiger charge is -2.35. The van der Waals surface area contributed by atoms with Crippen LogP contribution in [0, 0.1) is 17.8 Å². The highest BCUT2D eigenvalue weighted by molar-refractivity contribution is 5.49. The minimum absolute atomic E-state index is 0.819. The maximum Gasteiger partial charge on any atom is -0.0192 e. The summed E-state index contributed by atoms with van der Waals surface area (Å²) in [6.45, 7) is 4.78. The van der Waals surface area contributed by atoms with Crippen molar-refractivity contribution in [1.82, 2.24) is 0 Å². The highest BCUT2D eigenvalue weighted by atomic mass is 14.3. The van der Waals surface area contributed by atoms with Crippen LogP contribution in [0.2, 0.25) is 0 Å². The number of fused-ring (bicyclic) bond motifs is 1. The standard InChI is InChI=1S/C19H28/c1-3-15-12-17-6-4-5-7-18(17)19(13-15)16-10-8-14(2)9-11-16/h5,7,12,14-16H,3-4,6,8-11,13H2,1-2H3. The summed E-state index contributed by atoms with van der Waals surface area (Å²) in [6, 6.07) is 0. The minimum Gasteiger partial charge on any atom is -0.0836 e. The Morgan fingerprint density at radius 2 is 1.95 bits per heavy atom. The Bertz CT molecular complexity index is 413. The van der Waals surface area contributed by atoms with Crippen molar-refractivity contribution in [1.29, 1.82) is 0 Å². The van der Waals surface area contributed by atoms with Gasteiger partial charge in [0.2, 0.25) is 0 Å². The summed E-state index contributed by atoms with van der Waals surface area (Å²) < 4.78 is 0. The predicted molar refractivity (Wildman–Crippen MR) is 83.0 cm³/mol. The molecule has 3 aliphatic rings. The first-order valence-corrected chi connectivity index (χ1v) is 8.38. The van der Waals surface area contributed by atoms with Crippen molar-refractivity contribution in [2.75, 3.05) is 0 Å². The van der Waals surface area contributed by atoms with Gasteiger partial charge in [0.1, 0.15) is 0 Å². The van der Waals surface area contributed by atoms with Crippen molar-refractivity contribution >= 4 is 0 Å². The second-order valence-electron chi connectivity index (χ2n) is 6.90. The molecule has 0 aromatic rings. The summed E-state index contributed by atoms with van der Waals surface area (Å²) in [7, 11) is 0. The van der Waals surface area contributed by atoms with Crippen molar-refractivity contribution in [2.24, 2.45) is 17.8 Å². The third-order valence-electron chi connectivity index (χ3n) is 5.51. The van der Waals surface area contributed by atoms with Gasteiger partial charge in [0.25, 0.3) is 0 Å². The van der Waals surface area contributed by atoms with E-state index >= 15 is 0 Å². The SMILES string of the molecule is CCC1C=C2CCC=CC2=C(C2CCC(C)CC2)C1. The molecule has 0 aromatic heterocycles. The second kappa shape index (κ2) is 5.69. The molecule has 0 saturated heterocycles. The average Bonchev–Trinajstić information content (AvgIpc) is 2.47. The Balaban J connectivity index is 1.88. The lowest BCUT2D eigenvalue weighted by molar-refractivity contribution is 0.309. The lowest BCUT2D eigenvalue weighted by atomic mass is 9.70. The molecule has 1 saturated carbocycles. The van der Waals surface area contributed by atoms with Crippen molar-refractivity contribution < 1.29 is 0 Å². The van der Waals surface area contributed by atoms with E-state index in [1.54, 1.807) is 11.1 Å². The summed E-state index contributed by atoms with van der Waals surface area (Å²) in [5.74, 6) is 2.68. The molecular formula is C19H28. The van der Waals surface area contributed by atoms with Crippen LogP contribution in [-0.2, 0) is 0 Å². The minimum atomic E-state index is 0.819. The van der Waals surface area contributed by atoms with Gasteiger partial charge in [-0.3, -0.25) is 0 Å². The van der Waals surface area contributed by atoms with Crippen LogP contribution in [0.1, 0.15) is 65.2 Å². The fraction of sp³-hybridized carbons (Fsp3) is 0.684. The van der Waals surface area contributed by atoms with E-state index in [-0.39, 0.29) is 0 Å². The largest absolute Gasteiger partial charge is 0.0836 e. The molecule has 104 valence electrons. The molecule has 0 amide bonds. The molecule has 3 aliphatic carbocycles. The average molecular weight is 256 g/mol. The van der Waals surface area contributed by atoms with E-state index in [9.17, 15) is 0 Å². The maximum absolute atomic E-state index is 2.59. The van der Waals surface area contributed by atoms with Crippen LogP contribution in [0.3, 0.4) is 0 Å². The molecule has 0 nitrogen and oxygen atoms in total. The second-order valence-corrected chi connectivity index (χ2v) is 6.90. The predicted octanol–water partition coefficient (Wildman–Crippen LogP) is 5.82. The molecule has 0 radical (unpaired) electrons. The van der Waals surface area contributed by atoms with Crippen LogP contribution in [0.4, 0.5) is 0 Å². The number of hydrogen-bond acceptors (Lipinski definition) is 0. The van der Waals surface area contributed by atoms with E-state index < -0.39 is 0 Å². The van der Waals surface area contributed by atoms with Crippen LogP contribution >= 0.6 is 0 Å². The van der Waals surface area contributed by atoms with Gasteiger partial charge in [-0.1, -0.05) is 50.5 Å². The highest BCUT2D eigenvalue weighted by Gasteiger charge is 2.28. The van der Waals surface area contributed by atoms with Gasteiger partial charge in [0, 0.05) is 0 Å². The van der Waals surface area contributed by atoms with Gasteiger partial charge >= 0.3 is 0 Å². The van der Waals surface area contributed by atoms with E-state index in [0.29, 0.717) is 0 Å². The molecule has 1 fully saturated rings. The fourth-order valence-electron chi connectivity index (χ4n) is 4.16. The zero-order chi connectivity index (χ0) is 13.2. The van der Waals surface area contributed by atoms with Crippen LogP contribution in [0.15, 0.2) is 34.9 Å². The third kappa shape index (κ3) is 2.73. The van der Waals surface area contributed by atoms with Crippen LogP contribution in [0.5, 0.6) is 0 Å². The monoisotopic (exact) mass is 256 g/mol. The number of hydrogen-bond donors (Lipinski definition) is 0. The molecule has 0 spiro atoms. The molecule has 0 N–H and O–H groups in total.